The lowest BCUT2D eigenvalue weighted by atomic mass is 9.95. The van der Waals surface area contributed by atoms with Crippen LogP contribution in [-0.2, 0) is 4.79 Å². The first-order valence-electron chi connectivity index (χ1n) is 8.34. The molecular formula is C21H13F2NO4. The molecule has 1 atom stereocenters. The molecule has 1 aliphatic rings. The van der Waals surface area contributed by atoms with Gasteiger partial charge in [0.2, 0.25) is 5.78 Å². The number of carbonyl (C=O) groups excluding carboxylic acids is 2. The Morgan fingerprint density at radius 3 is 2.39 bits per heavy atom. The second-order valence-electron chi connectivity index (χ2n) is 6.16. The van der Waals surface area contributed by atoms with Crippen LogP contribution in [0, 0.1) is 11.6 Å². The fourth-order valence-electron chi connectivity index (χ4n) is 3.23. The van der Waals surface area contributed by atoms with E-state index in [2.05, 4.69) is 0 Å². The Hall–Kier alpha value is -3.74. The molecule has 4 rings (SSSR count). The van der Waals surface area contributed by atoms with Gasteiger partial charge in [0.1, 0.15) is 0 Å². The number of Topliss-reactive ketones (excluding diaryl/α,β-unsaturated/α-hetero) is 1. The second-order valence-corrected chi connectivity index (χ2v) is 6.16. The largest absolute Gasteiger partial charge is 0.503 e. The Labute approximate surface area is 158 Å². The van der Waals surface area contributed by atoms with E-state index >= 15 is 0 Å². The van der Waals surface area contributed by atoms with Gasteiger partial charge < -0.3 is 9.52 Å². The average Bonchev–Trinajstić information content (AvgIpc) is 3.32. The highest BCUT2D eigenvalue weighted by Crippen LogP contribution is 2.42. The van der Waals surface area contributed by atoms with Gasteiger partial charge in [-0.25, -0.2) is 8.78 Å². The Bertz CT molecular complexity index is 1090. The summed E-state index contributed by atoms with van der Waals surface area (Å²) in [4.78, 5) is 26.8. The smallest absolute Gasteiger partial charge is 0.294 e. The molecule has 7 heteroatoms. The lowest BCUT2D eigenvalue weighted by Gasteiger charge is -2.26. The maximum atomic E-state index is 13.8. The van der Waals surface area contributed by atoms with Crippen LogP contribution in [0.4, 0.5) is 14.5 Å². The van der Waals surface area contributed by atoms with Crippen molar-refractivity contribution < 1.29 is 27.9 Å². The zero-order chi connectivity index (χ0) is 19.8. The molecule has 28 heavy (non-hydrogen) atoms. The predicted molar refractivity (Wildman–Crippen MR) is 95.7 cm³/mol. The van der Waals surface area contributed by atoms with E-state index < -0.39 is 35.1 Å². The highest BCUT2D eigenvalue weighted by Gasteiger charge is 2.45. The molecule has 1 N–H and O–H groups in total. The molecule has 140 valence electrons. The van der Waals surface area contributed by atoms with Gasteiger partial charge in [-0.3, -0.25) is 14.5 Å². The second kappa shape index (κ2) is 6.77. The molecule has 0 fully saturated rings. The van der Waals surface area contributed by atoms with Crippen LogP contribution in [0.2, 0.25) is 0 Å². The van der Waals surface area contributed by atoms with Crippen molar-refractivity contribution in [2.75, 3.05) is 4.90 Å². The zero-order valence-electron chi connectivity index (χ0n) is 14.3. The molecule has 1 unspecified atom stereocenters. The summed E-state index contributed by atoms with van der Waals surface area (Å²) in [6.07, 6.45) is 1.30. The van der Waals surface area contributed by atoms with Crippen molar-refractivity contribution in [3.8, 4) is 0 Å². The van der Waals surface area contributed by atoms with E-state index in [9.17, 15) is 23.5 Å². The standard InChI is InChI=1S/C21H13F2NO4/c22-14-9-8-13(11-15(14)23)24-18(12-5-2-1-3-6-12)17(20(26)21(24)27)19(25)16-7-4-10-28-16/h1-11,18,26H. The Kier molecular flexibility index (Phi) is 4.27. The Balaban J connectivity index is 1.89. The van der Waals surface area contributed by atoms with Crippen molar-refractivity contribution in [3.05, 3.63) is 101 Å². The van der Waals surface area contributed by atoms with E-state index in [4.69, 9.17) is 4.42 Å². The average molecular weight is 381 g/mol. The van der Waals surface area contributed by atoms with Gasteiger partial charge in [-0.2, -0.15) is 0 Å². The molecule has 0 aliphatic carbocycles. The number of hydrogen-bond acceptors (Lipinski definition) is 4. The van der Waals surface area contributed by atoms with Gasteiger partial charge in [-0.1, -0.05) is 30.3 Å². The molecule has 2 heterocycles. The maximum Gasteiger partial charge on any atom is 0.294 e. The summed E-state index contributed by atoms with van der Waals surface area (Å²) >= 11 is 0. The number of aliphatic hydroxyl groups is 1. The number of nitrogens with zero attached hydrogens (tertiary/aromatic N) is 1. The molecule has 3 aromatic rings. The number of hydrogen-bond donors (Lipinski definition) is 1. The lowest BCUT2D eigenvalue weighted by molar-refractivity contribution is -0.117. The number of carbonyl (C=O) groups is 2. The molecule has 0 spiro atoms. The first-order chi connectivity index (χ1) is 13.5. The van der Waals surface area contributed by atoms with Crippen LogP contribution in [-0.4, -0.2) is 16.8 Å². The van der Waals surface area contributed by atoms with Crippen LogP contribution in [0.1, 0.15) is 22.2 Å². The summed E-state index contributed by atoms with van der Waals surface area (Å²) < 4.78 is 32.3. The van der Waals surface area contributed by atoms with E-state index in [1.807, 2.05) is 0 Å². The minimum Gasteiger partial charge on any atom is -0.503 e. The molecule has 0 saturated heterocycles. The van der Waals surface area contributed by atoms with Gasteiger partial charge >= 0.3 is 0 Å². The molecular weight excluding hydrogens is 368 g/mol. The van der Waals surface area contributed by atoms with Crippen LogP contribution in [0.15, 0.2) is 82.7 Å². The number of benzene rings is 2. The Morgan fingerprint density at radius 1 is 1.00 bits per heavy atom. The molecule has 0 saturated carbocycles. The van der Waals surface area contributed by atoms with Crippen LogP contribution >= 0.6 is 0 Å². The van der Waals surface area contributed by atoms with E-state index in [0.717, 1.165) is 17.0 Å². The van der Waals surface area contributed by atoms with Gasteiger partial charge in [0.05, 0.1) is 17.9 Å². The summed E-state index contributed by atoms with van der Waals surface area (Å²) in [5, 5.41) is 10.5. The SMILES string of the molecule is O=C(C1=C(O)C(=O)N(c2ccc(F)c(F)c2)C1c1ccccc1)c1ccco1. The molecule has 5 nitrogen and oxygen atoms in total. The minimum absolute atomic E-state index is 0.00606. The molecule has 0 bridgehead atoms. The monoisotopic (exact) mass is 381 g/mol. The van der Waals surface area contributed by atoms with E-state index in [-0.39, 0.29) is 17.0 Å². The van der Waals surface area contributed by atoms with Crippen LogP contribution in [0.25, 0.3) is 0 Å². The van der Waals surface area contributed by atoms with E-state index in [1.165, 1.54) is 24.5 Å². The van der Waals surface area contributed by atoms with Crippen molar-refractivity contribution in [2.24, 2.45) is 0 Å². The quantitative estimate of drug-likeness (QED) is 0.683. The topological polar surface area (TPSA) is 70.8 Å². The minimum atomic E-state index is -1.15. The first-order valence-corrected chi connectivity index (χ1v) is 8.34. The zero-order valence-corrected chi connectivity index (χ0v) is 14.3. The maximum absolute atomic E-state index is 13.8. The predicted octanol–water partition coefficient (Wildman–Crippen LogP) is 4.34. The fraction of sp³-hybridized carbons (Fsp3) is 0.0476. The summed E-state index contributed by atoms with van der Waals surface area (Å²) in [7, 11) is 0. The normalized spacial score (nSPS) is 16.7. The molecule has 0 radical (unpaired) electrons. The third kappa shape index (κ3) is 2.77. The molecule has 1 aromatic heterocycles. The first kappa shape index (κ1) is 17.7. The number of anilines is 1. The fourth-order valence-corrected chi connectivity index (χ4v) is 3.23. The highest BCUT2D eigenvalue weighted by atomic mass is 19.2. The third-order valence-corrected chi connectivity index (χ3v) is 4.49. The summed E-state index contributed by atoms with van der Waals surface area (Å²) in [6, 6.07) is 13.3. The number of amides is 1. The molecule has 2 aromatic carbocycles. The number of aliphatic hydroxyl groups excluding tert-OH is 1. The molecule has 1 amide bonds. The number of furan rings is 1. The van der Waals surface area contributed by atoms with E-state index in [0.29, 0.717) is 5.56 Å². The van der Waals surface area contributed by atoms with Crippen molar-refractivity contribution in [2.45, 2.75) is 6.04 Å². The number of rotatable bonds is 4. The van der Waals surface area contributed by atoms with Crippen molar-refractivity contribution >= 4 is 17.4 Å². The summed E-state index contributed by atoms with van der Waals surface area (Å²) in [6.45, 7) is 0. The van der Waals surface area contributed by atoms with Crippen molar-refractivity contribution in [1.29, 1.82) is 0 Å². The third-order valence-electron chi connectivity index (χ3n) is 4.49. The summed E-state index contributed by atoms with van der Waals surface area (Å²) in [5.74, 6) is -4.61. The lowest BCUT2D eigenvalue weighted by Crippen LogP contribution is -2.31. The summed E-state index contributed by atoms with van der Waals surface area (Å²) in [5.41, 5.74) is 0.321. The van der Waals surface area contributed by atoms with Crippen LogP contribution < -0.4 is 4.90 Å². The van der Waals surface area contributed by atoms with Crippen LogP contribution in [0.5, 0.6) is 0 Å². The van der Waals surface area contributed by atoms with Gasteiger partial charge in [-0.15, -0.1) is 0 Å². The highest BCUT2D eigenvalue weighted by molar-refractivity contribution is 6.20. The van der Waals surface area contributed by atoms with E-state index in [1.54, 1.807) is 30.3 Å². The van der Waals surface area contributed by atoms with Gasteiger partial charge in [0.15, 0.2) is 23.2 Å². The van der Waals surface area contributed by atoms with Gasteiger partial charge in [0, 0.05) is 11.8 Å². The molecule has 1 aliphatic heterocycles. The van der Waals surface area contributed by atoms with Crippen molar-refractivity contribution in [1.82, 2.24) is 0 Å². The Morgan fingerprint density at radius 2 is 1.75 bits per heavy atom. The van der Waals surface area contributed by atoms with Crippen molar-refractivity contribution in [3.63, 3.8) is 0 Å². The van der Waals surface area contributed by atoms with Gasteiger partial charge in [0.25, 0.3) is 5.91 Å². The van der Waals surface area contributed by atoms with Crippen LogP contribution in [0.3, 0.4) is 0 Å². The number of halogens is 2. The van der Waals surface area contributed by atoms with Gasteiger partial charge in [-0.05, 0) is 29.8 Å². The number of ketones is 1.